The minimum atomic E-state index is -3.07. The zero-order chi connectivity index (χ0) is 14.9. The molecule has 0 bridgehead atoms. The van der Waals surface area contributed by atoms with Crippen LogP contribution in [0.2, 0.25) is 5.02 Å². The molecule has 0 heterocycles. The van der Waals surface area contributed by atoms with Crippen LogP contribution in [0.25, 0.3) is 0 Å². The standard InChI is InChI=1S/C14H16BrClO3S/c1-20(18,19)11-4-2-3-9(7-11)14(17)10-5-6-13(16)12(15)8-10/h5-6,8-9,11H,2-4,7H2,1H3. The number of Topliss-reactive ketones (excluding diaryl/α,β-unsaturated/α-hetero) is 1. The lowest BCUT2D eigenvalue weighted by Crippen LogP contribution is -2.31. The minimum absolute atomic E-state index is 0.00992. The number of carbonyl (C=O) groups excluding carboxylic acids is 1. The Morgan fingerprint density at radius 3 is 2.65 bits per heavy atom. The summed E-state index contributed by atoms with van der Waals surface area (Å²) >= 11 is 9.22. The molecule has 1 aromatic carbocycles. The number of ketones is 1. The SMILES string of the molecule is CS(=O)(=O)C1CCCC(C(=O)c2ccc(Cl)c(Br)c2)C1. The summed E-state index contributed by atoms with van der Waals surface area (Å²) in [5, 5.41) is 0.167. The van der Waals surface area contributed by atoms with Gasteiger partial charge in [-0.05, 0) is 53.4 Å². The Labute approximate surface area is 132 Å². The molecule has 0 amide bonds. The predicted octanol–water partition coefficient (Wildman–Crippen LogP) is 3.89. The molecule has 6 heteroatoms. The number of hydrogen-bond donors (Lipinski definition) is 0. The van der Waals surface area contributed by atoms with Crippen molar-refractivity contribution in [3.8, 4) is 0 Å². The second-order valence-electron chi connectivity index (χ2n) is 5.31. The summed E-state index contributed by atoms with van der Waals surface area (Å²) in [5.74, 6) is -0.202. The van der Waals surface area contributed by atoms with Gasteiger partial charge in [-0.25, -0.2) is 8.42 Å². The van der Waals surface area contributed by atoms with E-state index in [-0.39, 0.29) is 17.0 Å². The molecule has 20 heavy (non-hydrogen) atoms. The van der Waals surface area contributed by atoms with Crippen molar-refractivity contribution in [2.45, 2.75) is 30.9 Å². The lowest BCUT2D eigenvalue weighted by atomic mass is 9.83. The number of hydrogen-bond acceptors (Lipinski definition) is 3. The fourth-order valence-corrected chi connectivity index (χ4v) is 4.33. The Hall–Kier alpha value is -0.390. The highest BCUT2D eigenvalue weighted by Gasteiger charge is 2.32. The van der Waals surface area contributed by atoms with Gasteiger partial charge in [0.15, 0.2) is 5.78 Å². The van der Waals surface area contributed by atoms with E-state index in [9.17, 15) is 13.2 Å². The smallest absolute Gasteiger partial charge is 0.166 e. The first kappa shape index (κ1) is 16.0. The van der Waals surface area contributed by atoms with Crippen molar-refractivity contribution in [1.82, 2.24) is 0 Å². The summed E-state index contributed by atoms with van der Waals surface area (Å²) < 4.78 is 24.0. The first-order valence-corrected chi connectivity index (χ1v) is 9.59. The lowest BCUT2D eigenvalue weighted by molar-refractivity contribution is 0.0891. The van der Waals surface area contributed by atoms with Crippen LogP contribution in [0.5, 0.6) is 0 Å². The maximum atomic E-state index is 12.5. The van der Waals surface area contributed by atoms with Crippen molar-refractivity contribution in [2.75, 3.05) is 6.26 Å². The Kier molecular flexibility index (Phi) is 4.92. The van der Waals surface area contributed by atoms with E-state index in [1.54, 1.807) is 18.2 Å². The molecule has 2 rings (SSSR count). The van der Waals surface area contributed by atoms with Gasteiger partial charge in [-0.1, -0.05) is 18.0 Å². The van der Waals surface area contributed by atoms with Gasteiger partial charge in [0.2, 0.25) is 0 Å². The lowest BCUT2D eigenvalue weighted by Gasteiger charge is -2.27. The van der Waals surface area contributed by atoms with Crippen LogP contribution in [0.15, 0.2) is 22.7 Å². The third kappa shape index (κ3) is 3.62. The summed E-state index contributed by atoms with van der Waals surface area (Å²) in [6.07, 6.45) is 3.88. The Bertz CT molecular complexity index is 627. The van der Waals surface area contributed by atoms with E-state index in [2.05, 4.69) is 15.9 Å². The summed E-state index contributed by atoms with van der Waals surface area (Å²) in [7, 11) is -3.07. The van der Waals surface area contributed by atoms with Gasteiger partial charge in [0.05, 0.1) is 10.3 Å². The molecule has 0 radical (unpaired) electrons. The van der Waals surface area contributed by atoms with E-state index < -0.39 is 9.84 Å². The van der Waals surface area contributed by atoms with E-state index in [0.29, 0.717) is 27.9 Å². The molecule has 0 aliphatic heterocycles. The van der Waals surface area contributed by atoms with Gasteiger partial charge in [0.1, 0.15) is 9.84 Å². The van der Waals surface area contributed by atoms with Gasteiger partial charge in [0, 0.05) is 22.2 Å². The average Bonchev–Trinajstić information content (AvgIpc) is 2.40. The van der Waals surface area contributed by atoms with E-state index in [0.717, 1.165) is 12.8 Å². The van der Waals surface area contributed by atoms with Crippen molar-refractivity contribution >= 4 is 43.2 Å². The fourth-order valence-electron chi connectivity index (χ4n) is 2.66. The highest BCUT2D eigenvalue weighted by Crippen LogP contribution is 2.32. The highest BCUT2D eigenvalue weighted by molar-refractivity contribution is 9.10. The molecule has 1 saturated carbocycles. The summed E-state index contributed by atoms with van der Waals surface area (Å²) in [6.45, 7) is 0. The molecule has 1 fully saturated rings. The first-order chi connectivity index (χ1) is 9.29. The third-order valence-corrected chi connectivity index (χ3v) is 6.66. The van der Waals surface area contributed by atoms with Crippen LogP contribution in [-0.2, 0) is 9.84 Å². The number of carbonyl (C=O) groups is 1. The number of sulfone groups is 1. The second-order valence-corrected chi connectivity index (χ2v) is 8.90. The van der Waals surface area contributed by atoms with Crippen molar-refractivity contribution in [1.29, 1.82) is 0 Å². The summed E-state index contributed by atoms with van der Waals surface area (Å²) in [4.78, 5) is 12.5. The van der Waals surface area contributed by atoms with Crippen LogP contribution < -0.4 is 0 Å². The normalized spacial score (nSPS) is 23.6. The Balaban J connectivity index is 2.18. The largest absolute Gasteiger partial charge is 0.294 e. The van der Waals surface area contributed by atoms with E-state index >= 15 is 0 Å². The molecule has 0 aromatic heterocycles. The summed E-state index contributed by atoms with van der Waals surface area (Å²) in [5.41, 5.74) is 0.584. The van der Waals surface area contributed by atoms with Crippen LogP contribution in [0, 0.1) is 5.92 Å². The van der Waals surface area contributed by atoms with Crippen LogP contribution in [0.4, 0.5) is 0 Å². The zero-order valence-corrected chi connectivity index (χ0v) is 14.3. The first-order valence-electron chi connectivity index (χ1n) is 6.47. The molecular weight excluding hydrogens is 364 g/mol. The quantitative estimate of drug-likeness (QED) is 0.749. The molecule has 3 nitrogen and oxygen atoms in total. The van der Waals surface area contributed by atoms with Crippen LogP contribution in [-0.4, -0.2) is 25.7 Å². The van der Waals surface area contributed by atoms with Gasteiger partial charge in [-0.2, -0.15) is 0 Å². The molecule has 2 atom stereocenters. The number of halogens is 2. The van der Waals surface area contributed by atoms with Crippen molar-refractivity contribution in [2.24, 2.45) is 5.92 Å². The molecule has 0 saturated heterocycles. The van der Waals surface area contributed by atoms with Gasteiger partial charge < -0.3 is 0 Å². The van der Waals surface area contributed by atoms with E-state index in [4.69, 9.17) is 11.6 Å². The topological polar surface area (TPSA) is 51.2 Å². The van der Waals surface area contributed by atoms with Crippen LogP contribution in [0.1, 0.15) is 36.0 Å². The van der Waals surface area contributed by atoms with E-state index in [1.165, 1.54) is 6.26 Å². The van der Waals surface area contributed by atoms with Crippen molar-refractivity contribution < 1.29 is 13.2 Å². The molecule has 110 valence electrons. The predicted molar refractivity (Wildman–Crippen MR) is 84.1 cm³/mol. The van der Waals surface area contributed by atoms with Gasteiger partial charge >= 0.3 is 0 Å². The van der Waals surface area contributed by atoms with Crippen LogP contribution in [0.3, 0.4) is 0 Å². The molecule has 1 aliphatic rings. The highest BCUT2D eigenvalue weighted by atomic mass is 79.9. The van der Waals surface area contributed by atoms with Gasteiger partial charge in [0.25, 0.3) is 0 Å². The molecule has 0 N–H and O–H groups in total. The molecular formula is C14H16BrClO3S. The van der Waals surface area contributed by atoms with Crippen LogP contribution >= 0.6 is 27.5 Å². The number of benzene rings is 1. The molecule has 1 aliphatic carbocycles. The van der Waals surface area contributed by atoms with Gasteiger partial charge in [-0.3, -0.25) is 4.79 Å². The minimum Gasteiger partial charge on any atom is -0.294 e. The zero-order valence-electron chi connectivity index (χ0n) is 11.1. The maximum Gasteiger partial charge on any atom is 0.166 e. The Morgan fingerprint density at radius 1 is 1.35 bits per heavy atom. The van der Waals surface area contributed by atoms with Crippen molar-refractivity contribution in [3.05, 3.63) is 33.3 Å². The number of rotatable bonds is 3. The Morgan fingerprint density at radius 2 is 2.05 bits per heavy atom. The van der Waals surface area contributed by atoms with Crippen molar-refractivity contribution in [3.63, 3.8) is 0 Å². The second kappa shape index (κ2) is 6.16. The average molecular weight is 380 g/mol. The van der Waals surface area contributed by atoms with Gasteiger partial charge in [-0.15, -0.1) is 0 Å². The molecule has 0 spiro atoms. The summed E-state index contributed by atoms with van der Waals surface area (Å²) in [6, 6.07) is 5.07. The molecule has 2 unspecified atom stereocenters. The van der Waals surface area contributed by atoms with E-state index in [1.807, 2.05) is 0 Å². The molecule has 1 aromatic rings. The third-order valence-electron chi connectivity index (χ3n) is 3.81. The maximum absolute atomic E-state index is 12.5. The monoisotopic (exact) mass is 378 g/mol. The fraction of sp³-hybridized carbons (Fsp3) is 0.500.